The van der Waals surface area contributed by atoms with Gasteiger partial charge in [0.15, 0.2) is 0 Å². The van der Waals surface area contributed by atoms with Crippen molar-refractivity contribution >= 4 is 34.8 Å². The third-order valence-electron chi connectivity index (χ3n) is 3.50. The van der Waals surface area contributed by atoms with Crippen LogP contribution in [0.3, 0.4) is 0 Å². The quantitative estimate of drug-likeness (QED) is 0.810. The van der Waals surface area contributed by atoms with Crippen molar-refractivity contribution in [3.05, 3.63) is 40.4 Å². The number of amides is 1. The van der Waals surface area contributed by atoms with Gasteiger partial charge < -0.3 is 10.0 Å². The van der Waals surface area contributed by atoms with Crippen LogP contribution in [-0.4, -0.2) is 39.5 Å². The van der Waals surface area contributed by atoms with E-state index >= 15 is 0 Å². The zero-order valence-electron chi connectivity index (χ0n) is 13.5. The lowest BCUT2D eigenvalue weighted by atomic mass is 10.2. The molecule has 0 bridgehead atoms. The Labute approximate surface area is 149 Å². The average molecular weight is 367 g/mol. The van der Waals surface area contributed by atoms with Crippen molar-refractivity contribution in [3.8, 4) is 10.6 Å². The zero-order chi connectivity index (χ0) is 17.7. The van der Waals surface area contributed by atoms with Crippen LogP contribution in [0, 0.1) is 0 Å². The normalized spacial score (nSPS) is 10.8. The minimum absolute atomic E-state index is 0.0569. The van der Waals surface area contributed by atoms with E-state index in [0.717, 1.165) is 10.6 Å². The van der Waals surface area contributed by atoms with Crippen LogP contribution in [0.5, 0.6) is 0 Å². The summed E-state index contributed by atoms with van der Waals surface area (Å²) in [5.74, 6) is -1.04. The summed E-state index contributed by atoms with van der Waals surface area (Å²) in [6, 6.07) is 7.38. The number of aromatic nitrogens is 1. The number of nitrogens with zero attached hydrogens (tertiary/aromatic N) is 2. The number of carboxylic acid groups (broad SMARTS) is 1. The Bertz CT molecular complexity index is 730. The third-order valence-corrected chi connectivity index (χ3v) is 4.75. The lowest BCUT2D eigenvalue weighted by Gasteiger charge is -2.25. The van der Waals surface area contributed by atoms with E-state index in [9.17, 15) is 9.59 Å². The molecule has 1 N–H and O–H groups in total. The monoisotopic (exact) mass is 366 g/mol. The van der Waals surface area contributed by atoms with Gasteiger partial charge in [-0.1, -0.05) is 29.8 Å². The van der Waals surface area contributed by atoms with Gasteiger partial charge in [-0.15, -0.1) is 11.3 Å². The number of halogens is 1. The smallest absolute Gasteiger partial charge is 0.305 e. The summed E-state index contributed by atoms with van der Waals surface area (Å²) < 4.78 is 0. The molecule has 1 heterocycles. The Balaban J connectivity index is 2.09. The van der Waals surface area contributed by atoms with Crippen molar-refractivity contribution in [3.63, 3.8) is 0 Å². The van der Waals surface area contributed by atoms with Gasteiger partial charge in [0.2, 0.25) is 5.91 Å². The number of hydrogen-bond donors (Lipinski definition) is 1. The fourth-order valence-electron chi connectivity index (χ4n) is 2.29. The molecule has 0 saturated carbocycles. The van der Waals surface area contributed by atoms with Gasteiger partial charge in [-0.3, -0.25) is 9.59 Å². The molecule has 0 fully saturated rings. The highest BCUT2D eigenvalue weighted by molar-refractivity contribution is 7.13. The summed E-state index contributed by atoms with van der Waals surface area (Å²) in [5.41, 5.74) is 1.51. The molecule has 0 saturated heterocycles. The Morgan fingerprint density at radius 1 is 1.33 bits per heavy atom. The Hall–Kier alpha value is -1.92. The predicted molar refractivity (Wildman–Crippen MR) is 95.4 cm³/mol. The number of rotatable bonds is 7. The summed E-state index contributed by atoms with van der Waals surface area (Å²) in [6.45, 7) is 3.94. The Morgan fingerprint density at radius 3 is 2.67 bits per heavy atom. The predicted octanol–water partition coefficient (Wildman–Crippen LogP) is 3.72. The van der Waals surface area contributed by atoms with Crippen LogP contribution in [-0.2, 0) is 16.0 Å². The standard InChI is InChI=1S/C17H19ClN2O3S/c1-11(2)20(8-7-16(22)23)15(21)9-12-10-24-17(19-12)13-5-3-4-6-14(13)18/h3-6,10-11H,7-9H2,1-2H3,(H,22,23). The molecule has 128 valence electrons. The first-order valence-corrected chi connectivity index (χ1v) is 8.84. The van der Waals surface area contributed by atoms with Gasteiger partial charge in [0.1, 0.15) is 5.01 Å². The van der Waals surface area contributed by atoms with E-state index in [0.29, 0.717) is 10.7 Å². The molecule has 24 heavy (non-hydrogen) atoms. The van der Waals surface area contributed by atoms with E-state index in [1.54, 1.807) is 11.0 Å². The van der Waals surface area contributed by atoms with Crippen LogP contribution >= 0.6 is 22.9 Å². The number of carbonyl (C=O) groups is 2. The molecule has 0 spiro atoms. The first-order valence-electron chi connectivity index (χ1n) is 7.59. The molecule has 0 radical (unpaired) electrons. The maximum atomic E-state index is 12.5. The molecule has 1 aromatic heterocycles. The topological polar surface area (TPSA) is 70.5 Å². The van der Waals surface area contributed by atoms with E-state index in [4.69, 9.17) is 16.7 Å². The zero-order valence-corrected chi connectivity index (χ0v) is 15.1. The fraction of sp³-hybridized carbons (Fsp3) is 0.353. The van der Waals surface area contributed by atoms with Gasteiger partial charge >= 0.3 is 5.97 Å². The van der Waals surface area contributed by atoms with Crippen LogP contribution in [0.25, 0.3) is 10.6 Å². The van der Waals surface area contributed by atoms with E-state index in [1.807, 2.05) is 37.4 Å². The minimum atomic E-state index is -0.914. The summed E-state index contributed by atoms with van der Waals surface area (Å²) in [4.78, 5) is 29.2. The van der Waals surface area contributed by atoms with E-state index in [1.165, 1.54) is 11.3 Å². The molecular formula is C17H19ClN2O3S. The second-order valence-electron chi connectivity index (χ2n) is 5.63. The van der Waals surface area contributed by atoms with Crippen molar-refractivity contribution in [1.82, 2.24) is 9.88 Å². The van der Waals surface area contributed by atoms with Gasteiger partial charge in [0.05, 0.1) is 23.6 Å². The second kappa shape index (κ2) is 8.26. The highest BCUT2D eigenvalue weighted by Crippen LogP contribution is 2.30. The number of carboxylic acids is 1. The molecule has 5 nitrogen and oxygen atoms in total. The SMILES string of the molecule is CC(C)N(CCC(=O)O)C(=O)Cc1csc(-c2ccccc2Cl)n1. The summed E-state index contributed by atoms with van der Waals surface area (Å²) in [7, 11) is 0. The molecule has 0 atom stereocenters. The van der Waals surface area contributed by atoms with Gasteiger partial charge in [0.25, 0.3) is 0 Å². The third kappa shape index (κ3) is 4.79. The minimum Gasteiger partial charge on any atom is -0.481 e. The van der Waals surface area contributed by atoms with Crippen LogP contribution in [0.15, 0.2) is 29.6 Å². The number of thiazole rings is 1. The van der Waals surface area contributed by atoms with E-state index < -0.39 is 5.97 Å². The first-order chi connectivity index (χ1) is 11.4. The Kier molecular flexibility index (Phi) is 6.34. The summed E-state index contributed by atoms with van der Waals surface area (Å²) >= 11 is 7.61. The van der Waals surface area contributed by atoms with E-state index in [-0.39, 0.29) is 31.3 Å². The maximum Gasteiger partial charge on any atom is 0.305 e. The molecule has 7 heteroatoms. The number of carbonyl (C=O) groups excluding carboxylic acids is 1. The summed E-state index contributed by atoms with van der Waals surface area (Å²) in [5, 5.41) is 12.0. The van der Waals surface area contributed by atoms with Crippen molar-refractivity contribution in [2.45, 2.75) is 32.7 Å². The number of aliphatic carboxylic acids is 1. The van der Waals surface area contributed by atoms with Crippen LogP contribution in [0.4, 0.5) is 0 Å². The molecule has 0 aliphatic rings. The van der Waals surface area contributed by atoms with Crippen molar-refractivity contribution < 1.29 is 14.7 Å². The molecule has 2 aromatic rings. The molecule has 1 amide bonds. The lowest BCUT2D eigenvalue weighted by molar-refractivity contribution is -0.139. The van der Waals surface area contributed by atoms with Crippen LogP contribution in [0.1, 0.15) is 26.0 Å². The Morgan fingerprint density at radius 2 is 2.04 bits per heavy atom. The van der Waals surface area contributed by atoms with Gasteiger partial charge in [-0.25, -0.2) is 4.98 Å². The maximum absolute atomic E-state index is 12.5. The molecule has 2 rings (SSSR count). The number of benzene rings is 1. The van der Waals surface area contributed by atoms with Crippen LogP contribution < -0.4 is 0 Å². The van der Waals surface area contributed by atoms with Crippen molar-refractivity contribution in [1.29, 1.82) is 0 Å². The fourth-order valence-corrected chi connectivity index (χ4v) is 3.43. The highest BCUT2D eigenvalue weighted by Gasteiger charge is 2.19. The largest absolute Gasteiger partial charge is 0.481 e. The number of hydrogen-bond acceptors (Lipinski definition) is 4. The van der Waals surface area contributed by atoms with Gasteiger partial charge in [-0.2, -0.15) is 0 Å². The average Bonchev–Trinajstić information content (AvgIpc) is 2.95. The van der Waals surface area contributed by atoms with Crippen LogP contribution in [0.2, 0.25) is 5.02 Å². The van der Waals surface area contributed by atoms with Gasteiger partial charge in [0, 0.05) is 23.5 Å². The van der Waals surface area contributed by atoms with E-state index in [2.05, 4.69) is 4.98 Å². The molecule has 1 aromatic carbocycles. The molecular weight excluding hydrogens is 348 g/mol. The highest BCUT2D eigenvalue weighted by atomic mass is 35.5. The molecule has 0 aliphatic heterocycles. The van der Waals surface area contributed by atoms with Gasteiger partial charge in [-0.05, 0) is 19.9 Å². The van der Waals surface area contributed by atoms with Crippen molar-refractivity contribution in [2.75, 3.05) is 6.54 Å². The molecule has 0 unspecified atom stereocenters. The first kappa shape index (κ1) is 18.4. The molecule has 0 aliphatic carbocycles. The second-order valence-corrected chi connectivity index (χ2v) is 6.89. The lowest BCUT2D eigenvalue weighted by Crippen LogP contribution is -2.39. The van der Waals surface area contributed by atoms with Crippen molar-refractivity contribution in [2.24, 2.45) is 0 Å². The summed E-state index contributed by atoms with van der Waals surface area (Å²) in [6.07, 6.45) is 0.0879.